The van der Waals surface area contributed by atoms with Gasteiger partial charge >= 0.3 is 0 Å². The molecule has 19 heavy (non-hydrogen) atoms. The van der Waals surface area contributed by atoms with Crippen molar-refractivity contribution in [3.05, 3.63) is 27.7 Å². The highest BCUT2D eigenvalue weighted by Gasteiger charge is 2.34. The maximum atomic E-state index is 3.78. The van der Waals surface area contributed by atoms with Crippen molar-refractivity contribution in [3.8, 4) is 0 Å². The first kappa shape index (κ1) is 13.5. The quantitative estimate of drug-likeness (QED) is 0.780. The molecule has 0 aromatic heterocycles. The molecule has 2 aliphatic rings. The van der Waals surface area contributed by atoms with Gasteiger partial charge in [0, 0.05) is 16.2 Å². The Kier molecular flexibility index (Phi) is 3.88. The van der Waals surface area contributed by atoms with Gasteiger partial charge in [0.05, 0.1) is 0 Å². The lowest BCUT2D eigenvalue weighted by Gasteiger charge is -2.30. The van der Waals surface area contributed by atoms with E-state index < -0.39 is 0 Å². The van der Waals surface area contributed by atoms with Gasteiger partial charge in [-0.2, -0.15) is 0 Å². The predicted octanol–water partition coefficient (Wildman–Crippen LogP) is 5.45. The van der Waals surface area contributed by atoms with Crippen LogP contribution in [0.5, 0.6) is 0 Å². The number of hydrogen-bond donors (Lipinski definition) is 1. The van der Waals surface area contributed by atoms with Crippen LogP contribution in [0.15, 0.2) is 16.6 Å². The molecule has 0 amide bonds. The second-order valence-corrected chi connectivity index (χ2v) is 7.32. The van der Waals surface area contributed by atoms with E-state index in [0.29, 0.717) is 6.04 Å². The molecule has 1 nitrogen and oxygen atoms in total. The Morgan fingerprint density at radius 3 is 2.32 bits per heavy atom. The van der Waals surface area contributed by atoms with Gasteiger partial charge in [0.1, 0.15) is 0 Å². The highest BCUT2D eigenvalue weighted by atomic mass is 79.9. The fraction of sp³-hybridized carbons (Fsp3) is 0.647. The summed E-state index contributed by atoms with van der Waals surface area (Å²) in [7, 11) is 0. The SMILES string of the molecule is Cc1cc(NC2CCCC(C3CC3)C2)cc(C)c1Br. The Balaban J connectivity index is 1.67. The van der Waals surface area contributed by atoms with E-state index in [1.54, 1.807) is 0 Å². The number of halogens is 1. The van der Waals surface area contributed by atoms with Crippen LogP contribution in [0.25, 0.3) is 0 Å². The highest BCUT2D eigenvalue weighted by molar-refractivity contribution is 9.10. The van der Waals surface area contributed by atoms with Crippen LogP contribution in [0, 0.1) is 25.7 Å². The minimum absolute atomic E-state index is 0.694. The van der Waals surface area contributed by atoms with Gasteiger partial charge in [-0.3, -0.25) is 0 Å². The number of hydrogen-bond acceptors (Lipinski definition) is 1. The van der Waals surface area contributed by atoms with E-state index in [9.17, 15) is 0 Å². The lowest BCUT2D eigenvalue weighted by Crippen LogP contribution is -2.28. The zero-order chi connectivity index (χ0) is 13.4. The van der Waals surface area contributed by atoms with Crippen molar-refractivity contribution in [2.24, 2.45) is 11.8 Å². The van der Waals surface area contributed by atoms with Crippen LogP contribution in [-0.4, -0.2) is 6.04 Å². The van der Waals surface area contributed by atoms with Crippen LogP contribution >= 0.6 is 15.9 Å². The first-order valence-electron chi connectivity index (χ1n) is 7.67. The molecule has 0 spiro atoms. The molecule has 1 N–H and O–H groups in total. The van der Waals surface area contributed by atoms with Crippen LogP contribution in [0.1, 0.15) is 49.7 Å². The van der Waals surface area contributed by atoms with Crippen molar-refractivity contribution in [1.29, 1.82) is 0 Å². The Bertz CT molecular complexity index is 441. The third kappa shape index (κ3) is 3.16. The Morgan fingerprint density at radius 2 is 1.68 bits per heavy atom. The summed E-state index contributed by atoms with van der Waals surface area (Å²) in [4.78, 5) is 0. The van der Waals surface area contributed by atoms with E-state index in [2.05, 4.69) is 47.2 Å². The average Bonchev–Trinajstić information content (AvgIpc) is 3.20. The number of nitrogens with one attached hydrogen (secondary N) is 1. The topological polar surface area (TPSA) is 12.0 Å². The molecule has 1 aromatic carbocycles. The van der Waals surface area contributed by atoms with Crippen molar-refractivity contribution in [1.82, 2.24) is 0 Å². The highest BCUT2D eigenvalue weighted by Crippen LogP contribution is 2.44. The fourth-order valence-corrected chi connectivity index (χ4v) is 3.85. The molecule has 0 bridgehead atoms. The maximum Gasteiger partial charge on any atom is 0.0348 e. The Morgan fingerprint density at radius 1 is 1.00 bits per heavy atom. The second kappa shape index (κ2) is 5.47. The lowest BCUT2D eigenvalue weighted by atomic mass is 9.82. The van der Waals surface area contributed by atoms with Crippen LogP contribution in [0.2, 0.25) is 0 Å². The normalized spacial score (nSPS) is 27.3. The smallest absolute Gasteiger partial charge is 0.0348 e. The molecule has 2 aliphatic carbocycles. The van der Waals surface area contributed by atoms with E-state index >= 15 is 0 Å². The third-order valence-electron chi connectivity index (χ3n) is 4.81. The third-order valence-corrected chi connectivity index (χ3v) is 6.06. The standard InChI is InChI=1S/C17H24BrN/c1-11-8-16(9-12(2)17(11)18)19-15-5-3-4-14(10-15)13-6-7-13/h8-9,13-15,19H,3-7,10H2,1-2H3. The summed E-state index contributed by atoms with van der Waals surface area (Å²) in [5.74, 6) is 2.07. The molecule has 3 rings (SSSR count). The monoisotopic (exact) mass is 321 g/mol. The predicted molar refractivity (Wildman–Crippen MR) is 85.7 cm³/mol. The summed E-state index contributed by atoms with van der Waals surface area (Å²) >= 11 is 3.65. The van der Waals surface area contributed by atoms with E-state index in [-0.39, 0.29) is 0 Å². The number of aryl methyl sites for hydroxylation is 2. The lowest BCUT2D eigenvalue weighted by molar-refractivity contribution is 0.303. The zero-order valence-corrected chi connectivity index (χ0v) is 13.6. The number of benzene rings is 1. The maximum absolute atomic E-state index is 3.78. The fourth-order valence-electron chi connectivity index (χ4n) is 3.62. The van der Waals surface area contributed by atoms with Gasteiger partial charge in [0.25, 0.3) is 0 Å². The van der Waals surface area contributed by atoms with Crippen LogP contribution in [0.3, 0.4) is 0 Å². The van der Waals surface area contributed by atoms with Crippen molar-refractivity contribution >= 4 is 21.6 Å². The van der Waals surface area contributed by atoms with Crippen molar-refractivity contribution in [2.45, 2.75) is 58.4 Å². The van der Waals surface area contributed by atoms with E-state index in [0.717, 1.165) is 11.8 Å². The molecule has 0 aliphatic heterocycles. The summed E-state index contributed by atoms with van der Waals surface area (Å²) < 4.78 is 1.25. The number of rotatable bonds is 3. The van der Waals surface area contributed by atoms with E-state index in [1.165, 1.54) is 59.8 Å². The molecular formula is C17H24BrN. The number of anilines is 1. The molecule has 2 unspecified atom stereocenters. The van der Waals surface area contributed by atoms with Crippen LogP contribution < -0.4 is 5.32 Å². The molecule has 0 heterocycles. The summed E-state index contributed by atoms with van der Waals surface area (Å²) in [6.45, 7) is 4.35. The van der Waals surface area contributed by atoms with Gasteiger partial charge in [0.15, 0.2) is 0 Å². The molecule has 0 saturated heterocycles. The van der Waals surface area contributed by atoms with Gasteiger partial charge in [0.2, 0.25) is 0 Å². The van der Waals surface area contributed by atoms with Gasteiger partial charge in [-0.15, -0.1) is 0 Å². The van der Waals surface area contributed by atoms with Gasteiger partial charge in [-0.05, 0) is 74.6 Å². The molecule has 2 saturated carbocycles. The minimum atomic E-state index is 0.694. The van der Waals surface area contributed by atoms with Gasteiger partial charge < -0.3 is 5.32 Å². The Hall–Kier alpha value is -0.500. The molecule has 2 fully saturated rings. The van der Waals surface area contributed by atoms with Crippen molar-refractivity contribution < 1.29 is 0 Å². The summed E-state index contributed by atoms with van der Waals surface area (Å²) in [6, 6.07) is 5.25. The Labute approximate surface area is 125 Å². The van der Waals surface area contributed by atoms with Gasteiger partial charge in [-0.1, -0.05) is 28.8 Å². The van der Waals surface area contributed by atoms with Gasteiger partial charge in [-0.25, -0.2) is 0 Å². The average molecular weight is 322 g/mol. The van der Waals surface area contributed by atoms with Crippen LogP contribution in [-0.2, 0) is 0 Å². The molecule has 1 aromatic rings. The van der Waals surface area contributed by atoms with E-state index in [4.69, 9.17) is 0 Å². The summed E-state index contributed by atoms with van der Waals surface area (Å²) in [6.07, 6.45) is 8.60. The second-order valence-electron chi connectivity index (χ2n) is 6.53. The minimum Gasteiger partial charge on any atom is -0.382 e. The van der Waals surface area contributed by atoms with Crippen molar-refractivity contribution in [2.75, 3.05) is 5.32 Å². The summed E-state index contributed by atoms with van der Waals surface area (Å²) in [5, 5.41) is 3.78. The molecule has 2 atom stereocenters. The molecule has 0 radical (unpaired) electrons. The molecule has 2 heteroatoms. The zero-order valence-electron chi connectivity index (χ0n) is 12.0. The van der Waals surface area contributed by atoms with Crippen molar-refractivity contribution in [3.63, 3.8) is 0 Å². The van der Waals surface area contributed by atoms with Crippen LogP contribution in [0.4, 0.5) is 5.69 Å². The molecule has 104 valence electrons. The van der Waals surface area contributed by atoms with E-state index in [1.807, 2.05) is 0 Å². The molecular weight excluding hydrogens is 298 g/mol. The largest absolute Gasteiger partial charge is 0.382 e. The summed E-state index contributed by atoms with van der Waals surface area (Å²) in [5.41, 5.74) is 3.97. The first-order chi connectivity index (χ1) is 9.13. The first-order valence-corrected chi connectivity index (χ1v) is 8.46.